The SMILES string of the molecule is O=C(O)C(=Cc1ccc(OCc2cccc(OC(F)F)c2)cc1)NC(=O)c1ccccc1. The van der Waals surface area contributed by atoms with Gasteiger partial charge in [-0.3, -0.25) is 4.79 Å². The summed E-state index contributed by atoms with van der Waals surface area (Å²) in [6.07, 6.45) is 1.33. The normalized spacial score (nSPS) is 11.2. The van der Waals surface area contributed by atoms with E-state index in [0.29, 0.717) is 22.4 Å². The van der Waals surface area contributed by atoms with E-state index in [4.69, 9.17) is 4.74 Å². The number of alkyl halides is 2. The van der Waals surface area contributed by atoms with Crippen LogP contribution in [0.15, 0.2) is 84.6 Å². The van der Waals surface area contributed by atoms with Crippen molar-refractivity contribution in [2.45, 2.75) is 13.2 Å². The molecule has 0 spiro atoms. The van der Waals surface area contributed by atoms with Crippen LogP contribution in [0.25, 0.3) is 6.08 Å². The average molecular weight is 439 g/mol. The summed E-state index contributed by atoms with van der Waals surface area (Å²) in [5.41, 5.74) is 1.24. The number of benzene rings is 3. The van der Waals surface area contributed by atoms with Gasteiger partial charge in [0.15, 0.2) is 0 Å². The molecule has 0 fully saturated rings. The number of hydrogen-bond acceptors (Lipinski definition) is 4. The number of carbonyl (C=O) groups is 2. The van der Waals surface area contributed by atoms with Crippen LogP contribution in [0.2, 0.25) is 0 Å². The first-order valence-corrected chi connectivity index (χ1v) is 9.49. The molecule has 0 radical (unpaired) electrons. The number of ether oxygens (including phenoxy) is 2. The molecule has 32 heavy (non-hydrogen) atoms. The maximum Gasteiger partial charge on any atom is 0.387 e. The molecule has 0 aliphatic heterocycles. The second-order valence-corrected chi connectivity index (χ2v) is 6.57. The molecule has 0 atom stereocenters. The Morgan fingerprint density at radius 3 is 2.31 bits per heavy atom. The molecule has 0 unspecified atom stereocenters. The fourth-order valence-electron chi connectivity index (χ4n) is 2.74. The molecule has 1 amide bonds. The molecule has 0 bridgehead atoms. The zero-order valence-electron chi connectivity index (χ0n) is 16.7. The van der Waals surface area contributed by atoms with Gasteiger partial charge in [-0.2, -0.15) is 8.78 Å². The fraction of sp³-hybridized carbons (Fsp3) is 0.0833. The van der Waals surface area contributed by atoms with E-state index in [0.717, 1.165) is 0 Å². The van der Waals surface area contributed by atoms with Crippen molar-refractivity contribution in [1.82, 2.24) is 5.32 Å². The van der Waals surface area contributed by atoms with Crippen LogP contribution in [0.3, 0.4) is 0 Å². The number of nitrogens with one attached hydrogen (secondary N) is 1. The fourth-order valence-corrected chi connectivity index (χ4v) is 2.74. The summed E-state index contributed by atoms with van der Waals surface area (Å²) in [7, 11) is 0. The predicted octanol–water partition coefficient (Wildman–Crippen LogP) is 4.72. The summed E-state index contributed by atoms with van der Waals surface area (Å²) < 4.78 is 34.6. The molecule has 164 valence electrons. The van der Waals surface area contributed by atoms with Gasteiger partial charge in [0.2, 0.25) is 0 Å². The number of carboxylic acids is 1. The molecule has 3 rings (SSSR count). The molecule has 6 nitrogen and oxygen atoms in total. The summed E-state index contributed by atoms with van der Waals surface area (Å²) in [4.78, 5) is 23.7. The summed E-state index contributed by atoms with van der Waals surface area (Å²) in [6.45, 7) is -2.77. The van der Waals surface area contributed by atoms with Crippen LogP contribution < -0.4 is 14.8 Å². The van der Waals surface area contributed by atoms with Crippen molar-refractivity contribution in [3.05, 3.63) is 101 Å². The quantitative estimate of drug-likeness (QED) is 0.471. The second-order valence-electron chi connectivity index (χ2n) is 6.57. The lowest BCUT2D eigenvalue weighted by Gasteiger charge is -2.09. The van der Waals surface area contributed by atoms with E-state index in [1.54, 1.807) is 66.7 Å². The van der Waals surface area contributed by atoms with Crippen molar-refractivity contribution in [2.24, 2.45) is 0 Å². The van der Waals surface area contributed by atoms with Crippen molar-refractivity contribution in [2.75, 3.05) is 0 Å². The lowest BCUT2D eigenvalue weighted by Crippen LogP contribution is -2.27. The summed E-state index contributed by atoms with van der Waals surface area (Å²) in [5, 5.41) is 11.8. The first-order chi connectivity index (χ1) is 15.4. The largest absolute Gasteiger partial charge is 0.489 e. The van der Waals surface area contributed by atoms with Crippen molar-refractivity contribution in [1.29, 1.82) is 0 Å². The summed E-state index contributed by atoms with van der Waals surface area (Å²) in [5.74, 6) is -1.27. The summed E-state index contributed by atoms with van der Waals surface area (Å²) >= 11 is 0. The molecule has 2 N–H and O–H groups in total. The van der Waals surface area contributed by atoms with Gasteiger partial charge in [0.25, 0.3) is 5.91 Å². The Morgan fingerprint density at radius 1 is 0.938 bits per heavy atom. The van der Waals surface area contributed by atoms with Crippen LogP contribution in [-0.2, 0) is 11.4 Å². The number of rotatable bonds is 9. The van der Waals surface area contributed by atoms with Gasteiger partial charge in [0.05, 0.1) is 0 Å². The van der Waals surface area contributed by atoms with Gasteiger partial charge in [-0.1, -0.05) is 42.5 Å². The smallest absolute Gasteiger partial charge is 0.387 e. The zero-order chi connectivity index (χ0) is 22.9. The number of carboxylic acid groups (broad SMARTS) is 1. The van der Waals surface area contributed by atoms with Gasteiger partial charge in [0, 0.05) is 5.56 Å². The Bertz CT molecular complexity index is 1100. The highest BCUT2D eigenvalue weighted by Crippen LogP contribution is 2.19. The lowest BCUT2D eigenvalue weighted by atomic mass is 10.1. The Hall–Kier alpha value is -4.20. The van der Waals surface area contributed by atoms with Gasteiger partial charge in [-0.05, 0) is 53.6 Å². The number of amides is 1. The molecule has 0 aliphatic carbocycles. The van der Waals surface area contributed by atoms with Gasteiger partial charge < -0.3 is 19.9 Å². The molecule has 8 heteroatoms. The van der Waals surface area contributed by atoms with Crippen LogP contribution >= 0.6 is 0 Å². The van der Waals surface area contributed by atoms with E-state index in [9.17, 15) is 23.5 Å². The maximum absolute atomic E-state index is 12.3. The average Bonchev–Trinajstić information content (AvgIpc) is 2.78. The van der Waals surface area contributed by atoms with Crippen LogP contribution in [-0.4, -0.2) is 23.6 Å². The van der Waals surface area contributed by atoms with E-state index in [1.807, 2.05) is 0 Å². The lowest BCUT2D eigenvalue weighted by molar-refractivity contribution is -0.132. The van der Waals surface area contributed by atoms with E-state index in [1.165, 1.54) is 18.2 Å². The third kappa shape index (κ3) is 6.66. The van der Waals surface area contributed by atoms with E-state index in [-0.39, 0.29) is 18.1 Å². The van der Waals surface area contributed by atoms with E-state index in [2.05, 4.69) is 10.1 Å². The van der Waals surface area contributed by atoms with Crippen LogP contribution in [0, 0.1) is 0 Å². The van der Waals surface area contributed by atoms with Gasteiger partial charge >= 0.3 is 12.6 Å². The number of hydrogen-bond donors (Lipinski definition) is 2. The van der Waals surface area contributed by atoms with Crippen molar-refractivity contribution >= 4 is 18.0 Å². The Labute approximate surface area is 182 Å². The maximum atomic E-state index is 12.3. The van der Waals surface area contributed by atoms with Gasteiger partial charge in [0.1, 0.15) is 23.8 Å². The molecule has 0 saturated heterocycles. The van der Waals surface area contributed by atoms with Gasteiger partial charge in [-0.25, -0.2) is 4.79 Å². The highest BCUT2D eigenvalue weighted by atomic mass is 19.3. The van der Waals surface area contributed by atoms with Crippen molar-refractivity contribution < 1.29 is 33.0 Å². The van der Waals surface area contributed by atoms with E-state index < -0.39 is 18.5 Å². The third-order valence-electron chi connectivity index (χ3n) is 4.23. The first kappa shape index (κ1) is 22.5. The molecule has 0 heterocycles. The topological polar surface area (TPSA) is 84.9 Å². The molecule has 0 saturated carbocycles. The van der Waals surface area contributed by atoms with Crippen molar-refractivity contribution in [3.8, 4) is 11.5 Å². The van der Waals surface area contributed by atoms with E-state index >= 15 is 0 Å². The van der Waals surface area contributed by atoms with Crippen LogP contribution in [0.4, 0.5) is 8.78 Å². The molecule has 3 aromatic carbocycles. The third-order valence-corrected chi connectivity index (χ3v) is 4.23. The monoisotopic (exact) mass is 439 g/mol. The van der Waals surface area contributed by atoms with Gasteiger partial charge in [-0.15, -0.1) is 0 Å². The Morgan fingerprint density at radius 2 is 1.66 bits per heavy atom. The molecule has 3 aromatic rings. The number of carbonyl (C=O) groups excluding carboxylic acids is 1. The van der Waals surface area contributed by atoms with Crippen molar-refractivity contribution in [3.63, 3.8) is 0 Å². The van der Waals surface area contributed by atoms with Crippen LogP contribution in [0.1, 0.15) is 21.5 Å². The minimum absolute atomic E-state index is 0.0420. The standard InChI is InChI=1S/C24H19F2NO5/c25-24(26)32-20-8-4-5-17(13-20)15-31-19-11-9-16(10-12-19)14-21(23(29)30)27-22(28)18-6-2-1-3-7-18/h1-14,24H,15H2,(H,27,28)(H,29,30). The first-order valence-electron chi connectivity index (χ1n) is 9.49. The minimum Gasteiger partial charge on any atom is -0.489 e. The molecule has 0 aliphatic rings. The Balaban J connectivity index is 1.64. The Kier molecular flexibility index (Phi) is 7.53. The predicted molar refractivity (Wildman–Crippen MR) is 113 cm³/mol. The minimum atomic E-state index is -2.90. The zero-order valence-corrected chi connectivity index (χ0v) is 16.7. The highest BCUT2D eigenvalue weighted by molar-refractivity contribution is 6.02. The highest BCUT2D eigenvalue weighted by Gasteiger charge is 2.13. The number of aliphatic carboxylic acids is 1. The molecular weight excluding hydrogens is 420 g/mol. The van der Waals surface area contributed by atoms with Crippen LogP contribution in [0.5, 0.6) is 11.5 Å². The molecular formula is C24H19F2NO5. The summed E-state index contributed by atoms with van der Waals surface area (Å²) in [6, 6.07) is 21.0. The second kappa shape index (κ2) is 10.7. The molecule has 0 aromatic heterocycles. The number of halogens is 2.